The van der Waals surface area contributed by atoms with E-state index in [1.54, 1.807) is 12.1 Å². The number of nitrogens with zero attached hydrogens (tertiary/aromatic N) is 4. The summed E-state index contributed by atoms with van der Waals surface area (Å²) >= 11 is 6.75. The summed E-state index contributed by atoms with van der Waals surface area (Å²) in [7, 11) is 0. The van der Waals surface area contributed by atoms with Gasteiger partial charge in [-0.1, -0.05) is 11.6 Å². The van der Waals surface area contributed by atoms with Crippen molar-refractivity contribution >= 4 is 28.5 Å². The number of ether oxygens (including phenoxy) is 2. The van der Waals surface area contributed by atoms with Crippen LogP contribution in [0.3, 0.4) is 0 Å². The fourth-order valence-electron chi connectivity index (χ4n) is 5.79. The molecule has 2 N–H and O–H groups in total. The van der Waals surface area contributed by atoms with E-state index < -0.39 is 11.9 Å². The van der Waals surface area contributed by atoms with Crippen LogP contribution in [0.1, 0.15) is 51.4 Å². The highest BCUT2D eigenvalue weighted by atomic mass is 35.5. The predicted molar refractivity (Wildman–Crippen MR) is 153 cm³/mol. The number of hydrogen-bond acceptors (Lipinski definition) is 8. The summed E-state index contributed by atoms with van der Waals surface area (Å²) in [5.41, 5.74) is 2.54. The van der Waals surface area contributed by atoms with Gasteiger partial charge in [0.05, 0.1) is 54.1 Å². The van der Waals surface area contributed by atoms with Crippen LogP contribution in [0.25, 0.3) is 22.2 Å². The number of halogens is 2. The smallest absolute Gasteiger partial charge is 0.223 e. The number of aromatic nitrogens is 3. The normalized spacial score (nSPS) is 24.1. The molecular weight excluding hydrogens is 537 g/mol. The van der Waals surface area contributed by atoms with Crippen molar-refractivity contribution in [2.75, 3.05) is 31.7 Å². The van der Waals surface area contributed by atoms with E-state index in [0.29, 0.717) is 54.8 Å². The van der Waals surface area contributed by atoms with Gasteiger partial charge in [-0.3, -0.25) is 9.69 Å². The molecule has 11 heteroatoms. The molecule has 2 aromatic heterocycles. The van der Waals surface area contributed by atoms with E-state index in [1.807, 2.05) is 6.92 Å². The van der Waals surface area contributed by atoms with E-state index in [-0.39, 0.29) is 52.9 Å². The first-order valence-corrected chi connectivity index (χ1v) is 14.2. The van der Waals surface area contributed by atoms with Crippen LogP contribution in [0.15, 0.2) is 23.1 Å². The first kappa shape index (κ1) is 28.9. The zero-order valence-electron chi connectivity index (χ0n) is 23.6. The van der Waals surface area contributed by atoms with Crippen LogP contribution >= 0.6 is 11.6 Å². The summed E-state index contributed by atoms with van der Waals surface area (Å²) < 4.78 is 28.3. The van der Waals surface area contributed by atoms with Gasteiger partial charge in [0, 0.05) is 48.1 Å². The number of hydrogen-bond donors (Lipinski definition) is 2. The average molecular weight is 574 g/mol. The number of aliphatic hydroxyl groups excluding tert-OH is 1. The molecule has 0 amide bonds. The zero-order chi connectivity index (χ0) is 28.7. The third kappa shape index (κ3) is 5.47. The molecule has 2 fully saturated rings. The van der Waals surface area contributed by atoms with Crippen LogP contribution in [0.4, 0.5) is 10.3 Å². The monoisotopic (exact) mass is 573 g/mol. The molecule has 216 valence electrons. The molecule has 4 heterocycles. The van der Waals surface area contributed by atoms with E-state index in [1.165, 1.54) is 0 Å². The number of aliphatic hydroxyl groups is 1. The quantitative estimate of drug-likeness (QED) is 0.450. The fourth-order valence-corrected chi connectivity index (χ4v) is 6.09. The lowest BCUT2D eigenvalue weighted by Gasteiger charge is -2.39. The van der Waals surface area contributed by atoms with E-state index in [2.05, 4.69) is 52.4 Å². The number of benzene rings is 1. The second-order valence-corrected chi connectivity index (χ2v) is 11.6. The van der Waals surface area contributed by atoms with Crippen molar-refractivity contribution in [2.45, 2.75) is 77.9 Å². The highest BCUT2D eigenvalue weighted by molar-refractivity contribution is 6.35. The Hall–Kier alpha value is -2.63. The average Bonchev–Trinajstić information content (AvgIpc) is 2.90. The lowest BCUT2D eigenvalue weighted by atomic mass is 10.0. The summed E-state index contributed by atoms with van der Waals surface area (Å²) in [6.45, 7) is 12.8. The molecular formula is C29H37ClFN5O4. The second-order valence-electron chi connectivity index (χ2n) is 11.2. The minimum atomic E-state index is -0.722. The van der Waals surface area contributed by atoms with Crippen molar-refractivity contribution in [3.05, 3.63) is 50.7 Å². The van der Waals surface area contributed by atoms with Crippen LogP contribution in [0.2, 0.25) is 5.02 Å². The standard InChI is InChI=1S/C29H37ClFN5O4/c1-15(2)36-23-9-19(27-21(31)10-32-29(34-27)33-22-6-7-39-14-25(22)37)8-20(30)26(23)28(38)18(5)24(36)11-35-16(3)12-40-13-17(35)4/h8-10,15-17,22,25,37H,6-7,11-14H2,1-5H3,(H,32,33,34)/t16-,17+,22-,25-/m1/s1. The summed E-state index contributed by atoms with van der Waals surface area (Å²) in [5, 5.41) is 14.0. The van der Waals surface area contributed by atoms with Crippen molar-refractivity contribution in [3.63, 3.8) is 0 Å². The van der Waals surface area contributed by atoms with Gasteiger partial charge in [0.2, 0.25) is 5.95 Å². The highest BCUT2D eigenvalue weighted by Gasteiger charge is 2.29. The van der Waals surface area contributed by atoms with Gasteiger partial charge in [0.1, 0.15) is 5.69 Å². The predicted octanol–water partition coefficient (Wildman–Crippen LogP) is 4.31. The molecule has 4 atom stereocenters. The summed E-state index contributed by atoms with van der Waals surface area (Å²) in [6.07, 6.45) is 0.952. The van der Waals surface area contributed by atoms with Crippen LogP contribution in [0, 0.1) is 12.7 Å². The Labute approximate surface area is 238 Å². The summed E-state index contributed by atoms with van der Waals surface area (Å²) in [6, 6.07) is 3.45. The molecule has 0 saturated carbocycles. The van der Waals surface area contributed by atoms with Crippen LogP contribution in [0.5, 0.6) is 0 Å². The number of morpholine rings is 1. The Morgan fingerprint density at radius 2 is 1.93 bits per heavy atom. The molecule has 0 bridgehead atoms. The van der Waals surface area contributed by atoms with Gasteiger partial charge in [-0.25, -0.2) is 14.4 Å². The lowest BCUT2D eigenvalue weighted by Crippen LogP contribution is -2.49. The summed E-state index contributed by atoms with van der Waals surface area (Å²) in [5.74, 6) is -0.421. The molecule has 5 rings (SSSR count). The van der Waals surface area contributed by atoms with Gasteiger partial charge in [-0.05, 0) is 53.2 Å². The number of fused-ring (bicyclic) bond motifs is 1. The number of rotatable bonds is 6. The van der Waals surface area contributed by atoms with Gasteiger partial charge in [-0.15, -0.1) is 0 Å². The van der Waals surface area contributed by atoms with Gasteiger partial charge < -0.3 is 24.5 Å². The molecule has 0 unspecified atom stereocenters. The maximum absolute atomic E-state index is 15.2. The SMILES string of the molecule is Cc1c(CN2[C@H](C)COC[C@@H]2C)n(C(C)C)c2cc(-c3nc(N[C@@H]4CCOC[C@H]4O)ncc3F)cc(Cl)c2c1=O. The molecule has 0 aliphatic carbocycles. The molecule has 9 nitrogen and oxygen atoms in total. The minimum Gasteiger partial charge on any atom is -0.389 e. The van der Waals surface area contributed by atoms with E-state index >= 15 is 4.39 Å². The molecule has 3 aromatic rings. The van der Waals surface area contributed by atoms with E-state index in [4.69, 9.17) is 21.1 Å². The molecule has 2 saturated heterocycles. The molecule has 1 aromatic carbocycles. The van der Waals surface area contributed by atoms with Crippen LogP contribution in [-0.4, -0.2) is 75.2 Å². The Bertz CT molecular complexity index is 1450. The van der Waals surface area contributed by atoms with Crippen molar-refractivity contribution < 1.29 is 19.0 Å². The van der Waals surface area contributed by atoms with Gasteiger partial charge in [0.25, 0.3) is 0 Å². The number of pyridine rings is 1. The van der Waals surface area contributed by atoms with Gasteiger partial charge in [0.15, 0.2) is 11.2 Å². The summed E-state index contributed by atoms with van der Waals surface area (Å²) in [4.78, 5) is 24.6. The highest BCUT2D eigenvalue weighted by Crippen LogP contribution is 2.33. The van der Waals surface area contributed by atoms with Crippen LogP contribution in [-0.2, 0) is 16.0 Å². The third-order valence-electron chi connectivity index (χ3n) is 7.98. The fraction of sp³-hybridized carbons (Fsp3) is 0.552. The first-order chi connectivity index (χ1) is 19.1. The third-order valence-corrected chi connectivity index (χ3v) is 8.28. The molecule has 2 aliphatic heterocycles. The van der Waals surface area contributed by atoms with Crippen molar-refractivity contribution in [1.82, 2.24) is 19.4 Å². The molecule has 2 aliphatic rings. The lowest BCUT2D eigenvalue weighted by molar-refractivity contribution is -0.0420. The number of anilines is 1. The maximum atomic E-state index is 15.2. The van der Waals surface area contributed by atoms with Crippen LogP contribution < -0.4 is 10.7 Å². The van der Waals surface area contributed by atoms with E-state index in [9.17, 15) is 9.90 Å². The Morgan fingerprint density at radius 1 is 1.20 bits per heavy atom. The Kier molecular flexibility index (Phi) is 8.45. The van der Waals surface area contributed by atoms with Gasteiger partial charge >= 0.3 is 0 Å². The second kappa shape index (κ2) is 11.7. The number of nitrogens with one attached hydrogen (secondary N) is 1. The Morgan fingerprint density at radius 3 is 2.60 bits per heavy atom. The molecule has 0 radical (unpaired) electrons. The minimum absolute atomic E-state index is 0.00255. The van der Waals surface area contributed by atoms with Gasteiger partial charge in [-0.2, -0.15) is 0 Å². The first-order valence-electron chi connectivity index (χ1n) is 13.8. The zero-order valence-corrected chi connectivity index (χ0v) is 24.3. The van der Waals surface area contributed by atoms with Crippen molar-refractivity contribution in [3.8, 4) is 11.3 Å². The maximum Gasteiger partial charge on any atom is 0.223 e. The van der Waals surface area contributed by atoms with E-state index in [0.717, 1.165) is 11.9 Å². The Balaban J connectivity index is 1.63. The molecule has 40 heavy (non-hydrogen) atoms. The van der Waals surface area contributed by atoms with Crippen molar-refractivity contribution in [1.29, 1.82) is 0 Å². The van der Waals surface area contributed by atoms with Crippen molar-refractivity contribution in [2.24, 2.45) is 0 Å². The largest absolute Gasteiger partial charge is 0.389 e. The topological polar surface area (TPSA) is 102 Å². The molecule has 0 spiro atoms.